The summed E-state index contributed by atoms with van der Waals surface area (Å²) in [6.45, 7) is 7.71. The molecule has 0 aromatic carbocycles. The van der Waals surface area contributed by atoms with Gasteiger partial charge in [0.1, 0.15) is 0 Å². The van der Waals surface area contributed by atoms with Gasteiger partial charge >= 0.3 is 0 Å². The number of aliphatic imine (C=N–C) groups is 1. The summed E-state index contributed by atoms with van der Waals surface area (Å²) in [5.41, 5.74) is 1.66. The number of hydrogen-bond donors (Lipinski definition) is 1. The van der Waals surface area contributed by atoms with E-state index in [1.807, 2.05) is 25.0 Å². The van der Waals surface area contributed by atoms with Crippen molar-refractivity contribution in [1.82, 2.24) is 20.0 Å². The fourth-order valence-corrected chi connectivity index (χ4v) is 2.55. The average Bonchev–Trinajstić information content (AvgIpc) is 2.91. The third-order valence-electron chi connectivity index (χ3n) is 3.64. The molecule has 1 aromatic heterocycles. The lowest BCUT2D eigenvalue weighted by atomic mass is 9.93. The van der Waals surface area contributed by atoms with Crippen LogP contribution in [0.15, 0.2) is 17.4 Å². The Hall–Kier alpha value is -0.790. The average molecular weight is 391 g/mol. The van der Waals surface area contributed by atoms with Crippen molar-refractivity contribution in [2.24, 2.45) is 17.5 Å². The van der Waals surface area contributed by atoms with E-state index >= 15 is 0 Å². The van der Waals surface area contributed by atoms with Gasteiger partial charge in [0.25, 0.3) is 0 Å². The minimum atomic E-state index is 0. The Balaban J connectivity index is 0.00000200. The molecule has 1 aliphatic heterocycles. The lowest BCUT2D eigenvalue weighted by Crippen LogP contribution is -2.41. The number of aryl methyl sites for hydroxylation is 1. The lowest BCUT2D eigenvalue weighted by Gasteiger charge is -2.23. The minimum absolute atomic E-state index is 0. The molecule has 1 aromatic rings. The summed E-state index contributed by atoms with van der Waals surface area (Å²) in [4.78, 5) is 6.73. The Kier molecular flexibility index (Phi) is 6.29. The Morgan fingerprint density at radius 2 is 2.25 bits per heavy atom. The van der Waals surface area contributed by atoms with Crippen molar-refractivity contribution in [3.05, 3.63) is 18.0 Å². The fourth-order valence-electron chi connectivity index (χ4n) is 2.55. The summed E-state index contributed by atoms with van der Waals surface area (Å²) in [6.07, 6.45) is 6.19. The van der Waals surface area contributed by atoms with Crippen LogP contribution in [0.25, 0.3) is 0 Å². The van der Waals surface area contributed by atoms with Crippen LogP contribution in [0.5, 0.6) is 0 Å². The third kappa shape index (κ3) is 4.64. The van der Waals surface area contributed by atoms with Crippen LogP contribution in [-0.4, -0.2) is 47.3 Å². The number of nitrogens with zero attached hydrogens (tertiary/aromatic N) is 4. The van der Waals surface area contributed by atoms with Crippen LogP contribution in [0.2, 0.25) is 0 Å². The van der Waals surface area contributed by atoms with E-state index in [9.17, 15) is 0 Å². The lowest BCUT2D eigenvalue weighted by molar-refractivity contribution is 0.370. The molecule has 1 aliphatic rings. The van der Waals surface area contributed by atoms with E-state index in [0.29, 0.717) is 5.41 Å². The zero-order valence-electron chi connectivity index (χ0n) is 12.9. The summed E-state index contributed by atoms with van der Waals surface area (Å²) in [6, 6.07) is 0. The maximum absolute atomic E-state index is 4.38. The smallest absolute Gasteiger partial charge is 0.193 e. The maximum Gasteiger partial charge on any atom is 0.193 e. The number of nitrogens with one attached hydrogen (secondary N) is 1. The molecule has 0 atom stereocenters. The highest BCUT2D eigenvalue weighted by Crippen LogP contribution is 2.28. The number of rotatable bonds is 3. The molecule has 114 valence electrons. The van der Waals surface area contributed by atoms with Crippen LogP contribution < -0.4 is 5.32 Å². The molecule has 0 unspecified atom stereocenters. The van der Waals surface area contributed by atoms with Gasteiger partial charge < -0.3 is 10.2 Å². The normalized spacial score (nSPS) is 18.0. The SMILES string of the molecule is CN=C(NCCc1cnn(C)c1)N1CCC(C)(C)C1.I. The van der Waals surface area contributed by atoms with Gasteiger partial charge in [0, 0.05) is 39.9 Å². The molecular formula is C14H26IN5. The molecule has 0 saturated carbocycles. The molecule has 6 heteroatoms. The highest BCUT2D eigenvalue weighted by atomic mass is 127. The molecule has 20 heavy (non-hydrogen) atoms. The maximum atomic E-state index is 4.38. The molecule has 0 spiro atoms. The predicted octanol–water partition coefficient (Wildman–Crippen LogP) is 1.89. The molecule has 0 aliphatic carbocycles. The number of halogens is 1. The summed E-state index contributed by atoms with van der Waals surface area (Å²) in [5, 5.41) is 7.63. The molecule has 0 radical (unpaired) electrons. The second-order valence-electron chi connectivity index (χ2n) is 6.08. The van der Waals surface area contributed by atoms with Gasteiger partial charge in [-0.25, -0.2) is 0 Å². The first-order chi connectivity index (χ1) is 9.00. The van der Waals surface area contributed by atoms with Crippen molar-refractivity contribution in [2.75, 3.05) is 26.7 Å². The van der Waals surface area contributed by atoms with E-state index in [4.69, 9.17) is 0 Å². The number of aromatic nitrogens is 2. The van der Waals surface area contributed by atoms with Crippen LogP contribution in [0.3, 0.4) is 0 Å². The predicted molar refractivity (Wildman–Crippen MR) is 93.7 cm³/mol. The van der Waals surface area contributed by atoms with Crippen molar-refractivity contribution in [1.29, 1.82) is 0 Å². The largest absolute Gasteiger partial charge is 0.356 e. The van der Waals surface area contributed by atoms with E-state index in [2.05, 4.69) is 40.4 Å². The van der Waals surface area contributed by atoms with Crippen LogP contribution in [0.4, 0.5) is 0 Å². The van der Waals surface area contributed by atoms with E-state index in [-0.39, 0.29) is 24.0 Å². The summed E-state index contributed by atoms with van der Waals surface area (Å²) >= 11 is 0. The van der Waals surface area contributed by atoms with Gasteiger partial charge in [-0.2, -0.15) is 5.10 Å². The highest BCUT2D eigenvalue weighted by Gasteiger charge is 2.30. The molecule has 0 amide bonds. The van der Waals surface area contributed by atoms with Crippen LogP contribution in [0.1, 0.15) is 25.8 Å². The van der Waals surface area contributed by atoms with Crippen molar-refractivity contribution < 1.29 is 0 Å². The van der Waals surface area contributed by atoms with Gasteiger partial charge in [-0.1, -0.05) is 13.8 Å². The van der Waals surface area contributed by atoms with Crippen LogP contribution >= 0.6 is 24.0 Å². The van der Waals surface area contributed by atoms with Gasteiger partial charge in [0.05, 0.1) is 6.20 Å². The van der Waals surface area contributed by atoms with E-state index in [1.54, 1.807) is 0 Å². The Bertz CT molecular complexity index is 452. The molecular weight excluding hydrogens is 365 g/mol. The first kappa shape index (κ1) is 17.3. The van der Waals surface area contributed by atoms with E-state index in [1.165, 1.54) is 12.0 Å². The van der Waals surface area contributed by atoms with E-state index < -0.39 is 0 Å². The van der Waals surface area contributed by atoms with Crippen LogP contribution in [-0.2, 0) is 13.5 Å². The topological polar surface area (TPSA) is 45.5 Å². The fraction of sp³-hybridized carbons (Fsp3) is 0.714. The standard InChI is InChI=1S/C14H25N5.HI/c1-14(2)6-8-19(11-14)13(15-3)16-7-5-12-9-17-18(4)10-12;/h9-10H,5-8,11H2,1-4H3,(H,15,16);1H. The Morgan fingerprint density at radius 3 is 2.75 bits per heavy atom. The number of hydrogen-bond acceptors (Lipinski definition) is 2. The number of likely N-dealkylation sites (tertiary alicyclic amines) is 1. The first-order valence-electron chi connectivity index (χ1n) is 6.93. The van der Waals surface area contributed by atoms with Crippen LogP contribution in [0, 0.1) is 5.41 Å². The molecule has 2 rings (SSSR count). The van der Waals surface area contributed by atoms with Crippen molar-refractivity contribution >= 4 is 29.9 Å². The second-order valence-corrected chi connectivity index (χ2v) is 6.08. The van der Waals surface area contributed by atoms with Gasteiger partial charge in [-0.3, -0.25) is 9.67 Å². The molecule has 1 N–H and O–H groups in total. The summed E-state index contributed by atoms with van der Waals surface area (Å²) in [5.74, 6) is 1.02. The van der Waals surface area contributed by atoms with E-state index in [0.717, 1.165) is 32.0 Å². The zero-order valence-corrected chi connectivity index (χ0v) is 15.2. The summed E-state index contributed by atoms with van der Waals surface area (Å²) < 4.78 is 1.84. The highest BCUT2D eigenvalue weighted by molar-refractivity contribution is 14.0. The van der Waals surface area contributed by atoms with Gasteiger partial charge in [0.15, 0.2) is 5.96 Å². The molecule has 1 fully saturated rings. The third-order valence-corrected chi connectivity index (χ3v) is 3.64. The quantitative estimate of drug-likeness (QED) is 0.486. The summed E-state index contributed by atoms with van der Waals surface area (Å²) in [7, 11) is 3.81. The molecule has 0 bridgehead atoms. The Morgan fingerprint density at radius 1 is 1.50 bits per heavy atom. The van der Waals surface area contributed by atoms with Crippen molar-refractivity contribution in [3.63, 3.8) is 0 Å². The van der Waals surface area contributed by atoms with Crippen molar-refractivity contribution in [2.45, 2.75) is 26.7 Å². The molecule has 1 saturated heterocycles. The molecule has 2 heterocycles. The first-order valence-corrected chi connectivity index (χ1v) is 6.93. The minimum Gasteiger partial charge on any atom is -0.356 e. The van der Waals surface area contributed by atoms with Gasteiger partial charge in [0.2, 0.25) is 0 Å². The van der Waals surface area contributed by atoms with Gasteiger partial charge in [-0.05, 0) is 23.8 Å². The van der Waals surface area contributed by atoms with Gasteiger partial charge in [-0.15, -0.1) is 24.0 Å². The van der Waals surface area contributed by atoms with Crippen molar-refractivity contribution in [3.8, 4) is 0 Å². The second kappa shape index (κ2) is 7.28. The molecule has 5 nitrogen and oxygen atoms in total. The number of guanidine groups is 1. The monoisotopic (exact) mass is 391 g/mol. The Labute approximate surface area is 138 Å². The zero-order chi connectivity index (χ0) is 13.9.